The van der Waals surface area contributed by atoms with Crippen LogP contribution in [0.25, 0.3) is 0 Å². The zero-order chi connectivity index (χ0) is 27.3. The van der Waals surface area contributed by atoms with Gasteiger partial charge in [-0.2, -0.15) is 0 Å². The van der Waals surface area contributed by atoms with Gasteiger partial charge < -0.3 is 20.3 Å². The smallest absolute Gasteiger partial charge is 0.246 e. The second kappa shape index (κ2) is 9.90. The number of rotatable bonds is 6. The summed E-state index contributed by atoms with van der Waals surface area (Å²) >= 11 is 0. The molecule has 0 radical (unpaired) electrons. The highest BCUT2D eigenvalue weighted by molar-refractivity contribution is 6.02. The van der Waals surface area contributed by atoms with Gasteiger partial charge in [0.1, 0.15) is 17.5 Å². The molecule has 7 nitrogen and oxygen atoms in total. The van der Waals surface area contributed by atoms with Gasteiger partial charge in [-0.05, 0) is 56.0 Å². The van der Waals surface area contributed by atoms with Crippen LogP contribution in [0, 0.1) is 31.5 Å². The molecule has 2 bridgehead atoms. The zero-order valence-corrected chi connectivity index (χ0v) is 22.3. The summed E-state index contributed by atoms with van der Waals surface area (Å²) in [7, 11) is 0. The topological polar surface area (TPSA) is 87.7 Å². The van der Waals surface area contributed by atoms with Crippen LogP contribution in [-0.2, 0) is 25.7 Å². The maximum Gasteiger partial charge on any atom is 0.246 e. The molecule has 5 unspecified atom stereocenters. The number of carbonyl (C=O) groups excluding carboxylic acids is 3. The van der Waals surface area contributed by atoms with Crippen LogP contribution in [-0.4, -0.2) is 46.4 Å². The third kappa shape index (κ3) is 4.35. The lowest BCUT2D eigenvalue weighted by molar-refractivity contribution is -0.142. The van der Waals surface area contributed by atoms with Gasteiger partial charge in [0.05, 0.1) is 17.9 Å². The first-order valence-corrected chi connectivity index (χ1v) is 13.9. The van der Waals surface area contributed by atoms with E-state index in [1.54, 1.807) is 30.4 Å². The maximum atomic E-state index is 14.7. The quantitative estimate of drug-likeness (QED) is 0.548. The summed E-state index contributed by atoms with van der Waals surface area (Å²) in [5.74, 6) is -3.14. The van der Waals surface area contributed by atoms with Gasteiger partial charge in [0.2, 0.25) is 17.7 Å². The van der Waals surface area contributed by atoms with Crippen LogP contribution in [0.1, 0.15) is 48.8 Å². The minimum absolute atomic E-state index is 0.0265. The summed E-state index contributed by atoms with van der Waals surface area (Å²) in [6, 6.07) is 10.9. The Morgan fingerprint density at radius 2 is 1.82 bits per heavy atom. The number of carbonyl (C=O) groups is 3. The van der Waals surface area contributed by atoms with Crippen LogP contribution in [0.3, 0.4) is 0 Å². The molecule has 1 saturated carbocycles. The standard InChI is InChI=1S/C31H34FN3O4/c1-18-12-13-22(16-19(18)2)34-28(36)25-24-14-15-31(39-24)26(25)30(38)35(17-20-8-6-7-11-23(20)32)27(31)29(37)33-21-9-4-3-5-10-21/h6-8,11-16,21,24-27H,3-5,9-10,17H2,1-2H3,(H,33,37)(H,34,36). The lowest BCUT2D eigenvalue weighted by Crippen LogP contribution is -2.56. The Kier molecular flexibility index (Phi) is 6.53. The van der Waals surface area contributed by atoms with E-state index in [9.17, 15) is 18.8 Å². The molecule has 3 amide bonds. The first kappa shape index (κ1) is 25.7. The lowest BCUT2D eigenvalue weighted by atomic mass is 9.74. The van der Waals surface area contributed by atoms with Gasteiger partial charge >= 0.3 is 0 Å². The second-order valence-corrected chi connectivity index (χ2v) is 11.4. The maximum absolute atomic E-state index is 14.7. The second-order valence-electron chi connectivity index (χ2n) is 11.4. The molecule has 2 saturated heterocycles. The van der Waals surface area contributed by atoms with Crippen LogP contribution < -0.4 is 10.6 Å². The minimum atomic E-state index is -1.28. The number of aryl methyl sites for hydroxylation is 2. The molecule has 2 N–H and O–H groups in total. The molecule has 39 heavy (non-hydrogen) atoms. The van der Waals surface area contributed by atoms with E-state index >= 15 is 0 Å². The fraction of sp³-hybridized carbons (Fsp3) is 0.452. The Hall–Kier alpha value is -3.52. The van der Waals surface area contributed by atoms with Gasteiger partial charge in [0, 0.05) is 23.8 Å². The fourth-order valence-electron chi connectivity index (χ4n) is 6.82. The molecular formula is C31H34FN3O4. The van der Waals surface area contributed by atoms with E-state index in [1.165, 1.54) is 11.0 Å². The molecule has 1 spiro atoms. The van der Waals surface area contributed by atoms with E-state index in [0.29, 0.717) is 11.3 Å². The van der Waals surface area contributed by atoms with Crippen LogP contribution in [0.15, 0.2) is 54.6 Å². The molecule has 3 heterocycles. The van der Waals surface area contributed by atoms with Crippen molar-refractivity contribution < 1.29 is 23.5 Å². The monoisotopic (exact) mass is 531 g/mol. The third-order valence-electron chi connectivity index (χ3n) is 8.95. The van der Waals surface area contributed by atoms with E-state index in [1.807, 2.05) is 32.0 Å². The van der Waals surface area contributed by atoms with Gasteiger partial charge in [-0.15, -0.1) is 0 Å². The number of ether oxygens (including phenoxy) is 1. The normalized spacial score (nSPS) is 29.5. The van der Waals surface area contributed by atoms with Crippen molar-refractivity contribution in [1.82, 2.24) is 10.2 Å². The average Bonchev–Trinajstić information content (AvgIpc) is 3.56. The largest absolute Gasteiger partial charge is 0.359 e. The number of anilines is 1. The first-order valence-electron chi connectivity index (χ1n) is 13.9. The predicted molar refractivity (Wildman–Crippen MR) is 144 cm³/mol. The SMILES string of the molecule is Cc1ccc(NC(=O)C2C3C=CC4(O3)C2C(=O)N(Cc2ccccc2F)C4C(=O)NC2CCCCC2)cc1C. The van der Waals surface area contributed by atoms with E-state index in [0.717, 1.165) is 43.2 Å². The Morgan fingerprint density at radius 3 is 2.56 bits per heavy atom. The molecule has 1 aliphatic carbocycles. The van der Waals surface area contributed by atoms with Gasteiger partial charge in [-0.25, -0.2) is 4.39 Å². The average molecular weight is 532 g/mol. The molecule has 5 atom stereocenters. The Morgan fingerprint density at radius 1 is 1.05 bits per heavy atom. The fourth-order valence-corrected chi connectivity index (χ4v) is 6.82. The summed E-state index contributed by atoms with van der Waals surface area (Å²) in [6.45, 7) is 3.89. The number of benzene rings is 2. The van der Waals surface area contributed by atoms with Gasteiger partial charge in [0.15, 0.2) is 0 Å². The molecule has 2 aromatic carbocycles. The number of fused-ring (bicyclic) bond motifs is 1. The third-order valence-corrected chi connectivity index (χ3v) is 8.95. The first-order chi connectivity index (χ1) is 18.8. The van der Waals surface area contributed by atoms with Crippen molar-refractivity contribution in [2.45, 2.75) is 76.3 Å². The summed E-state index contributed by atoms with van der Waals surface area (Å²) in [6.07, 6.45) is 7.96. The molecule has 8 heteroatoms. The number of hydrogen-bond donors (Lipinski definition) is 2. The lowest BCUT2D eigenvalue weighted by Gasteiger charge is -2.34. The molecule has 2 aromatic rings. The van der Waals surface area contributed by atoms with E-state index in [4.69, 9.17) is 4.74 Å². The number of nitrogens with one attached hydrogen (secondary N) is 2. The van der Waals surface area contributed by atoms with Crippen LogP contribution in [0.5, 0.6) is 0 Å². The van der Waals surface area contributed by atoms with Crippen molar-refractivity contribution in [3.63, 3.8) is 0 Å². The van der Waals surface area contributed by atoms with Gasteiger partial charge in [-0.3, -0.25) is 14.4 Å². The van der Waals surface area contributed by atoms with E-state index < -0.39 is 35.4 Å². The summed E-state index contributed by atoms with van der Waals surface area (Å²) in [5, 5.41) is 6.12. The number of hydrogen-bond acceptors (Lipinski definition) is 4. The number of halogens is 1. The zero-order valence-electron chi connectivity index (χ0n) is 22.3. The van der Waals surface area contributed by atoms with E-state index in [2.05, 4.69) is 10.6 Å². The molecule has 4 aliphatic rings. The van der Waals surface area contributed by atoms with Gasteiger partial charge in [0.25, 0.3) is 0 Å². The predicted octanol–water partition coefficient (Wildman–Crippen LogP) is 4.18. The molecule has 3 fully saturated rings. The Bertz CT molecular complexity index is 1350. The molecular weight excluding hydrogens is 497 g/mol. The molecule has 6 rings (SSSR count). The van der Waals surface area contributed by atoms with Crippen molar-refractivity contribution in [2.75, 3.05) is 5.32 Å². The summed E-state index contributed by atoms with van der Waals surface area (Å²) < 4.78 is 21.1. The molecule has 0 aromatic heterocycles. The minimum Gasteiger partial charge on any atom is -0.359 e. The number of nitrogens with zero attached hydrogens (tertiary/aromatic N) is 1. The highest BCUT2D eigenvalue weighted by Gasteiger charge is 2.72. The summed E-state index contributed by atoms with van der Waals surface area (Å²) in [5.41, 5.74) is 1.83. The highest BCUT2D eigenvalue weighted by atomic mass is 19.1. The number of likely N-dealkylation sites (tertiary alicyclic amines) is 1. The molecule has 3 aliphatic heterocycles. The van der Waals surface area contributed by atoms with Crippen LogP contribution >= 0.6 is 0 Å². The Balaban J connectivity index is 1.33. The van der Waals surface area contributed by atoms with Crippen LogP contribution in [0.2, 0.25) is 0 Å². The van der Waals surface area contributed by atoms with Crippen molar-refractivity contribution >= 4 is 23.4 Å². The summed E-state index contributed by atoms with van der Waals surface area (Å²) in [4.78, 5) is 43.0. The van der Waals surface area contributed by atoms with E-state index in [-0.39, 0.29) is 30.3 Å². The molecule has 204 valence electrons. The Labute approximate surface area is 227 Å². The van der Waals surface area contributed by atoms with Crippen molar-refractivity contribution in [3.8, 4) is 0 Å². The van der Waals surface area contributed by atoms with Gasteiger partial charge in [-0.1, -0.05) is 55.7 Å². The van der Waals surface area contributed by atoms with Crippen LogP contribution in [0.4, 0.5) is 10.1 Å². The number of amides is 3. The van der Waals surface area contributed by atoms with Crippen molar-refractivity contribution in [1.29, 1.82) is 0 Å². The van der Waals surface area contributed by atoms with Crippen molar-refractivity contribution in [2.24, 2.45) is 11.8 Å². The highest BCUT2D eigenvalue weighted by Crippen LogP contribution is 2.55. The van der Waals surface area contributed by atoms with Crippen molar-refractivity contribution in [3.05, 3.63) is 77.1 Å².